The summed E-state index contributed by atoms with van der Waals surface area (Å²) in [7, 11) is -1.48. The lowest BCUT2D eigenvalue weighted by Gasteiger charge is -2.24. The number of hydrogen-bond acceptors (Lipinski definition) is 5. The van der Waals surface area contributed by atoms with E-state index in [9.17, 15) is 8.42 Å². The first-order valence-corrected chi connectivity index (χ1v) is 7.81. The van der Waals surface area contributed by atoms with Gasteiger partial charge in [0.1, 0.15) is 5.82 Å². The maximum absolute atomic E-state index is 12.1. The largest absolute Gasteiger partial charge is 0.384 e. The van der Waals surface area contributed by atoms with Crippen LogP contribution in [0.15, 0.2) is 23.2 Å². The van der Waals surface area contributed by atoms with Crippen molar-refractivity contribution in [1.82, 2.24) is 14.6 Å². The molecule has 1 atom stereocenters. The van der Waals surface area contributed by atoms with Crippen LogP contribution in [0.4, 0.5) is 5.82 Å². The van der Waals surface area contributed by atoms with Crippen molar-refractivity contribution < 1.29 is 8.42 Å². The zero-order valence-electron chi connectivity index (χ0n) is 11.2. The summed E-state index contributed by atoms with van der Waals surface area (Å²) in [5, 5.41) is 0. The van der Waals surface area contributed by atoms with Crippen molar-refractivity contribution in [2.45, 2.75) is 36.7 Å². The molecular formula is C12H20N4O2S. The van der Waals surface area contributed by atoms with Crippen molar-refractivity contribution in [3.63, 3.8) is 0 Å². The summed E-state index contributed by atoms with van der Waals surface area (Å²) >= 11 is 0. The molecule has 2 rings (SSSR count). The van der Waals surface area contributed by atoms with Crippen LogP contribution in [0.2, 0.25) is 0 Å². The molecule has 1 aromatic heterocycles. The highest BCUT2D eigenvalue weighted by atomic mass is 32.2. The Hall–Kier alpha value is -1.18. The highest BCUT2D eigenvalue weighted by Crippen LogP contribution is 2.26. The first kappa shape index (κ1) is 14.2. The molecule has 6 nitrogen and oxygen atoms in total. The van der Waals surface area contributed by atoms with Gasteiger partial charge in [0.15, 0.2) is 0 Å². The summed E-state index contributed by atoms with van der Waals surface area (Å²) in [6, 6.07) is 3.57. The smallest absolute Gasteiger partial charge is 0.240 e. The molecule has 1 aliphatic carbocycles. The van der Waals surface area contributed by atoms with Crippen LogP contribution in [0.3, 0.4) is 0 Å². The fourth-order valence-electron chi connectivity index (χ4n) is 1.89. The minimum atomic E-state index is -3.51. The molecule has 0 bridgehead atoms. The molecule has 1 fully saturated rings. The third-order valence-electron chi connectivity index (χ3n) is 3.45. The Kier molecular flexibility index (Phi) is 4.07. The number of anilines is 1. The number of nitrogen functional groups attached to an aromatic ring is 1. The predicted molar refractivity (Wildman–Crippen MR) is 74.1 cm³/mol. The van der Waals surface area contributed by atoms with Crippen LogP contribution in [0.5, 0.6) is 0 Å². The van der Waals surface area contributed by atoms with Crippen LogP contribution in [-0.2, 0) is 10.0 Å². The normalized spacial score (nSPS) is 17.6. The van der Waals surface area contributed by atoms with Gasteiger partial charge in [-0.15, -0.1) is 0 Å². The van der Waals surface area contributed by atoms with Crippen LogP contribution < -0.4 is 10.5 Å². The number of rotatable bonds is 6. The number of likely N-dealkylation sites (N-methyl/N-ethyl adjacent to an activating group) is 1. The lowest BCUT2D eigenvalue weighted by molar-refractivity contribution is 0.248. The SMILES string of the molecule is CC(CNS(=O)(=O)c1ccnc(N)c1)N(C)C1CC1. The molecule has 1 aliphatic rings. The topological polar surface area (TPSA) is 88.3 Å². The fraction of sp³-hybridized carbons (Fsp3) is 0.583. The van der Waals surface area contributed by atoms with E-state index in [-0.39, 0.29) is 16.8 Å². The molecule has 1 heterocycles. The van der Waals surface area contributed by atoms with Gasteiger partial charge in [-0.2, -0.15) is 0 Å². The van der Waals surface area contributed by atoms with E-state index >= 15 is 0 Å². The highest BCUT2D eigenvalue weighted by Gasteiger charge is 2.29. The summed E-state index contributed by atoms with van der Waals surface area (Å²) in [5.74, 6) is 0.200. The number of pyridine rings is 1. The highest BCUT2D eigenvalue weighted by molar-refractivity contribution is 7.89. The Balaban J connectivity index is 1.97. The Labute approximate surface area is 114 Å². The zero-order chi connectivity index (χ0) is 14.0. The van der Waals surface area contributed by atoms with Crippen molar-refractivity contribution in [3.8, 4) is 0 Å². The third-order valence-corrected chi connectivity index (χ3v) is 4.87. The van der Waals surface area contributed by atoms with Crippen LogP contribution in [-0.4, -0.2) is 44.0 Å². The monoisotopic (exact) mass is 284 g/mol. The van der Waals surface area contributed by atoms with Gasteiger partial charge in [0.2, 0.25) is 10.0 Å². The van der Waals surface area contributed by atoms with Crippen molar-refractivity contribution in [1.29, 1.82) is 0 Å². The number of sulfonamides is 1. The van der Waals surface area contributed by atoms with Gasteiger partial charge in [-0.25, -0.2) is 18.1 Å². The van der Waals surface area contributed by atoms with Crippen molar-refractivity contribution in [3.05, 3.63) is 18.3 Å². The molecule has 0 aromatic carbocycles. The second-order valence-electron chi connectivity index (χ2n) is 5.01. The van der Waals surface area contributed by atoms with Gasteiger partial charge in [-0.05, 0) is 32.9 Å². The number of nitrogens with zero attached hydrogens (tertiary/aromatic N) is 2. The van der Waals surface area contributed by atoms with E-state index in [1.807, 2.05) is 14.0 Å². The minimum absolute atomic E-state index is 0.154. The molecule has 19 heavy (non-hydrogen) atoms. The molecular weight excluding hydrogens is 264 g/mol. The molecule has 1 saturated carbocycles. The maximum atomic E-state index is 12.1. The zero-order valence-corrected chi connectivity index (χ0v) is 12.0. The van der Waals surface area contributed by atoms with E-state index < -0.39 is 10.0 Å². The molecule has 0 amide bonds. The first-order chi connectivity index (χ1) is 8.90. The Morgan fingerprint density at radius 3 is 2.84 bits per heavy atom. The Morgan fingerprint density at radius 1 is 1.58 bits per heavy atom. The minimum Gasteiger partial charge on any atom is -0.384 e. The fourth-order valence-corrected chi connectivity index (χ4v) is 3.04. The maximum Gasteiger partial charge on any atom is 0.240 e. The second-order valence-corrected chi connectivity index (χ2v) is 6.78. The summed E-state index contributed by atoms with van der Waals surface area (Å²) in [6.07, 6.45) is 3.80. The number of aromatic nitrogens is 1. The number of nitrogens with one attached hydrogen (secondary N) is 1. The summed E-state index contributed by atoms with van der Waals surface area (Å²) in [4.78, 5) is 6.15. The van der Waals surface area contributed by atoms with Crippen LogP contribution in [0.1, 0.15) is 19.8 Å². The van der Waals surface area contributed by atoms with Gasteiger partial charge in [0.25, 0.3) is 0 Å². The van der Waals surface area contributed by atoms with Crippen LogP contribution in [0, 0.1) is 0 Å². The summed E-state index contributed by atoms with van der Waals surface area (Å²) < 4.78 is 26.8. The molecule has 0 spiro atoms. The quantitative estimate of drug-likeness (QED) is 0.790. The van der Waals surface area contributed by atoms with E-state index in [4.69, 9.17) is 5.73 Å². The molecule has 106 valence electrons. The van der Waals surface area contributed by atoms with Crippen LogP contribution in [0.25, 0.3) is 0 Å². The second kappa shape index (κ2) is 5.44. The van der Waals surface area contributed by atoms with Gasteiger partial charge in [-0.3, -0.25) is 4.90 Å². The predicted octanol–water partition coefficient (Wildman–Crippen LogP) is 0.425. The molecule has 7 heteroatoms. The van der Waals surface area contributed by atoms with Crippen LogP contribution >= 0.6 is 0 Å². The van der Waals surface area contributed by atoms with Gasteiger partial charge in [0.05, 0.1) is 4.90 Å². The van der Waals surface area contributed by atoms with E-state index in [0.29, 0.717) is 12.6 Å². The molecule has 0 radical (unpaired) electrons. The third kappa shape index (κ3) is 3.65. The molecule has 0 aliphatic heterocycles. The van der Waals surface area contributed by atoms with Crippen molar-refractivity contribution in [2.24, 2.45) is 0 Å². The van der Waals surface area contributed by atoms with E-state index in [1.54, 1.807) is 0 Å². The molecule has 1 unspecified atom stereocenters. The molecule has 1 aromatic rings. The molecule has 3 N–H and O–H groups in total. The van der Waals surface area contributed by atoms with Crippen molar-refractivity contribution >= 4 is 15.8 Å². The standard InChI is InChI=1S/C12H20N4O2S/c1-9(16(2)10-3-4-10)8-15-19(17,18)11-5-6-14-12(13)7-11/h5-7,9-10,15H,3-4,8H2,1-2H3,(H2,13,14). The van der Waals surface area contributed by atoms with Gasteiger partial charge in [-0.1, -0.05) is 0 Å². The lowest BCUT2D eigenvalue weighted by Crippen LogP contribution is -2.41. The van der Waals surface area contributed by atoms with Gasteiger partial charge >= 0.3 is 0 Å². The van der Waals surface area contributed by atoms with Gasteiger partial charge in [0, 0.05) is 30.9 Å². The Morgan fingerprint density at radius 2 is 2.26 bits per heavy atom. The van der Waals surface area contributed by atoms with Crippen molar-refractivity contribution in [2.75, 3.05) is 19.3 Å². The first-order valence-electron chi connectivity index (χ1n) is 6.33. The average Bonchev–Trinajstić information content (AvgIpc) is 3.19. The Bertz CT molecular complexity index is 542. The molecule has 0 saturated heterocycles. The van der Waals surface area contributed by atoms with Gasteiger partial charge < -0.3 is 5.73 Å². The summed E-state index contributed by atoms with van der Waals surface area (Å²) in [6.45, 7) is 2.40. The lowest BCUT2D eigenvalue weighted by atomic mass is 10.3. The van der Waals surface area contributed by atoms with E-state index in [2.05, 4.69) is 14.6 Å². The van der Waals surface area contributed by atoms with E-state index in [0.717, 1.165) is 0 Å². The number of hydrogen-bond donors (Lipinski definition) is 2. The van der Waals surface area contributed by atoms with E-state index in [1.165, 1.54) is 31.2 Å². The summed E-state index contributed by atoms with van der Waals surface area (Å²) in [5.41, 5.74) is 5.50. The number of nitrogens with two attached hydrogens (primary N) is 1. The average molecular weight is 284 g/mol.